The van der Waals surface area contributed by atoms with E-state index in [0.717, 1.165) is 43.1 Å². The highest BCUT2D eigenvalue weighted by Crippen LogP contribution is 2.38. The number of hydrogen-bond donors (Lipinski definition) is 1. The smallest absolute Gasteiger partial charge is 0.337 e. The van der Waals surface area contributed by atoms with Crippen LogP contribution in [-0.2, 0) is 6.61 Å². The van der Waals surface area contributed by atoms with Gasteiger partial charge >= 0.3 is 5.97 Å². The molecule has 0 saturated carbocycles. The van der Waals surface area contributed by atoms with Gasteiger partial charge in [0, 0.05) is 9.58 Å². The number of carboxylic acid groups (broad SMARTS) is 1. The first-order chi connectivity index (χ1) is 17.7. The lowest BCUT2D eigenvalue weighted by atomic mass is 10.0. The van der Waals surface area contributed by atoms with Crippen molar-refractivity contribution in [2.24, 2.45) is 0 Å². The third kappa shape index (κ3) is 4.85. The summed E-state index contributed by atoms with van der Waals surface area (Å²) in [7, 11) is 0. The molecule has 5 aromatic rings. The lowest BCUT2D eigenvalue weighted by Gasteiger charge is -2.15. The fourth-order valence-electron chi connectivity index (χ4n) is 4.42. The molecule has 0 fully saturated rings. The van der Waals surface area contributed by atoms with E-state index in [2.05, 4.69) is 18.9 Å². The minimum Gasteiger partial charge on any atom is -0.487 e. The van der Waals surface area contributed by atoms with Crippen LogP contribution >= 0.6 is 34.5 Å². The van der Waals surface area contributed by atoms with Crippen molar-refractivity contribution in [2.45, 2.75) is 33.3 Å². The van der Waals surface area contributed by atoms with Gasteiger partial charge in [-0.05, 0) is 77.4 Å². The number of thiophene rings is 1. The number of fused-ring (bicyclic) bond motifs is 1. The predicted octanol–water partition coefficient (Wildman–Crippen LogP) is 8.77. The zero-order valence-electron chi connectivity index (χ0n) is 20.5. The molecule has 3 aromatic carbocycles. The van der Waals surface area contributed by atoms with E-state index in [9.17, 15) is 9.90 Å². The molecule has 0 aliphatic rings. The van der Waals surface area contributed by atoms with Crippen molar-refractivity contribution in [3.05, 3.63) is 99.3 Å². The first kappa shape index (κ1) is 25.3. The second kappa shape index (κ2) is 10.2. The number of hydrogen-bond acceptors (Lipinski definition) is 4. The molecule has 2 aromatic heterocycles. The fraction of sp³-hybridized carbons (Fsp3) is 0.172. The summed E-state index contributed by atoms with van der Waals surface area (Å²) in [5, 5.41) is 16.1. The number of carbonyl (C=O) groups is 1. The van der Waals surface area contributed by atoms with Crippen molar-refractivity contribution in [2.75, 3.05) is 0 Å². The number of carboxylic acids is 1. The molecule has 8 heteroatoms. The van der Waals surface area contributed by atoms with Crippen LogP contribution < -0.4 is 4.74 Å². The Morgan fingerprint density at radius 3 is 2.49 bits per heavy atom. The van der Waals surface area contributed by atoms with E-state index in [4.69, 9.17) is 27.9 Å². The number of halogens is 2. The molecular formula is C29H24Cl2N2O3S. The highest BCUT2D eigenvalue weighted by molar-refractivity contribution is 7.22. The first-order valence-electron chi connectivity index (χ1n) is 11.8. The Hall–Kier alpha value is -3.32. The molecule has 5 rings (SSSR count). The fourth-order valence-corrected chi connectivity index (χ4v) is 6.23. The summed E-state index contributed by atoms with van der Waals surface area (Å²) in [5.41, 5.74) is 4.98. The van der Waals surface area contributed by atoms with Gasteiger partial charge in [0.1, 0.15) is 18.0 Å². The number of ether oxygens (including phenoxy) is 1. The van der Waals surface area contributed by atoms with Gasteiger partial charge in [-0.1, -0.05) is 55.2 Å². The molecule has 0 radical (unpaired) electrons. The summed E-state index contributed by atoms with van der Waals surface area (Å²) in [6.45, 7) is 6.54. The topological polar surface area (TPSA) is 64.4 Å². The van der Waals surface area contributed by atoms with Gasteiger partial charge in [0.05, 0.1) is 27.5 Å². The van der Waals surface area contributed by atoms with Crippen molar-refractivity contribution in [1.82, 2.24) is 9.78 Å². The van der Waals surface area contributed by atoms with E-state index in [-0.39, 0.29) is 5.92 Å². The highest BCUT2D eigenvalue weighted by Gasteiger charge is 2.20. The SMILES string of the molecule is Cc1cc(OCc2c(C(C)C)cnn2-c2c(Cl)cccc2Cl)ccc1-c1cc2cccc(C(=O)O)c2s1. The molecule has 0 bridgehead atoms. The average Bonchev–Trinajstić information content (AvgIpc) is 3.47. The van der Waals surface area contributed by atoms with Crippen LogP contribution in [-0.4, -0.2) is 20.9 Å². The number of para-hydroxylation sites is 1. The normalized spacial score (nSPS) is 11.4. The van der Waals surface area contributed by atoms with Crippen LogP contribution in [0.2, 0.25) is 10.0 Å². The summed E-state index contributed by atoms with van der Waals surface area (Å²) >= 11 is 14.4. The van der Waals surface area contributed by atoms with E-state index in [1.165, 1.54) is 11.3 Å². The molecule has 0 amide bonds. The Kier molecular flexibility index (Phi) is 6.99. The van der Waals surface area contributed by atoms with Crippen molar-refractivity contribution < 1.29 is 14.6 Å². The zero-order valence-corrected chi connectivity index (χ0v) is 22.8. The van der Waals surface area contributed by atoms with E-state index in [1.807, 2.05) is 43.5 Å². The summed E-state index contributed by atoms with van der Waals surface area (Å²) in [6.07, 6.45) is 1.84. The third-order valence-corrected chi connectivity index (χ3v) is 8.11. The summed E-state index contributed by atoms with van der Waals surface area (Å²) < 4.78 is 8.78. The lowest BCUT2D eigenvalue weighted by molar-refractivity contribution is 0.0699. The van der Waals surface area contributed by atoms with Gasteiger partial charge in [0.25, 0.3) is 0 Å². The molecule has 37 heavy (non-hydrogen) atoms. The minimum atomic E-state index is -0.919. The van der Waals surface area contributed by atoms with Crippen molar-refractivity contribution >= 4 is 50.6 Å². The molecule has 0 spiro atoms. The zero-order chi connectivity index (χ0) is 26.3. The molecule has 188 valence electrons. The number of aromatic carboxylic acids is 1. The Labute approximate surface area is 228 Å². The van der Waals surface area contributed by atoms with Gasteiger partial charge in [-0.25, -0.2) is 9.48 Å². The number of benzene rings is 3. The molecule has 0 aliphatic carbocycles. The number of aromatic nitrogens is 2. The number of aryl methyl sites for hydroxylation is 1. The van der Waals surface area contributed by atoms with E-state index in [0.29, 0.717) is 27.9 Å². The Morgan fingerprint density at radius 2 is 1.81 bits per heavy atom. The summed E-state index contributed by atoms with van der Waals surface area (Å²) in [5.74, 6) is 0.0419. The summed E-state index contributed by atoms with van der Waals surface area (Å²) in [4.78, 5) is 12.6. The molecule has 0 aliphatic heterocycles. The monoisotopic (exact) mass is 550 g/mol. The summed E-state index contributed by atoms with van der Waals surface area (Å²) in [6, 6.07) is 18.7. The molecule has 2 heterocycles. The highest BCUT2D eigenvalue weighted by atomic mass is 35.5. The Balaban J connectivity index is 1.45. The first-order valence-corrected chi connectivity index (χ1v) is 13.3. The van der Waals surface area contributed by atoms with Crippen LogP contribution in [0.15, 0.2) is 66.9 Å². The standard InChI is InChI=1S/C29H24Cl2N2O3S/c1-16(2)22-14-32-33(27-23(30)8-5-9-24(27)31)25(22)15-36-19-10-11-20(17(3)12-19)26-13-18-6-4-7-21(29(34)35)28(18)37-26/h4-14,16H,15H2,1-3H3,(H,34,35). The second-order valence-corrected chi connectivity index (χ2v) is 11.0. The molecule has 0 saturated heterocycles. The van der Waals surface area contributed by atoms with Crippen LogP contribution in [0.3, 0.4) is 0 Å². The largest absolute Gasteiger partial charge is 0.487 e. The van der Waals surface area contributed by atoms with Crippen LogP contribution in [0.5, 0.6) is 5.75 Å². The van der Waals surface area contributed by atoms with Gasteiger partial charge < -0.3 is 9.84 Å². The van der Waals surface area contributed by atoms with E-state index >= 15 is 0 Å². The quantitative estimate of drug-likeness (QED) is 0.220. The van der Waals surface area contributed by atoms with E-state index in [1.54, 1.807) is 35.0 Å². The van der Waals surface area contributed by atoms with Gasteiger partial charge in [-0.2, -0.15) is 5.10 Å². The minimum absolute atomic E-state index is 0.237. The number of nitrogens with zero attached hydrogens (tertiary/aromatic N) is 2. The number of rotatable bonds is 7. The van der Waals surface area contributed by atoms with Crippen LogP contribution in [0.1, 0.15) is 46.9 Å². The Bertz CT molecular complexity index is 1620. The molecular weight excluding hydrogens is 527 g/mol. The van der Waals surface area contributed by atoms with E-state index < -0.39 is 5.97 Å². The molecule has 1 N–H and O–H groups in total. The maximum Gasteiger partial charge on any atom is 0.337 e. The van der Waals surface area contributed by atoms with Crippen molar-refractivity contribution in [1.29, 1.82) is 0 Å². The van der Waals surface area contributed by atoms with Crippen LogP contribution in [0.25, 0.3) is 26.2 Å². The van der Waals surface area contributed by atoms with Gasteiger partial charge in [0.15, 0.2) is 0 Å². The predicted molar refractivity (Wildman–Crippen MR) is 151 cm³/mol. The maximum atomic E-state index is 11.6. The maximum absolute atomic E-state index is 11.6. The average molecular weight is 551 g/mol. The third-order valence-electron chi connectivity index (χ3n) is 6.29. The van der Waals surface area contributed by atoms with Crippen LogP contribution in [0.4, 0.5) is 0 Å². The lowest BCUT2D eigenvalue weighted by Crippen LogP contribution is -2.09. The molecule has 5 nitrogen and oxygen atoms in total. The van der Waals surface area contributed by atoms with Crippen molar-refractivity contribution in [3.8, 4) is 21.9 Å². The second-order valence-electron chi connectivity index (χ2n) is 9.09. The Morgan fingerprint density at radius 1 is 1.08 bits per heavy atom. The van der Waals surface area contributed by atoms with Gasteiger partial charge in [0.2, 0.25) is 0 Å². The van der Waals surface area contributed by atoms with Gasteiger partial charge in [-0.15, -0.1) is 11.3 Å². The molecule has 0 unspecified atom stereocenters. The van der Waals surface area contributed by atoms with Crippen LogP contribution in [0, 0.1) is 6.92 Å². The van der Waals surface area contributed by atoms with Crippen molar-refractivity contribution in [3.63, 3.8) is 0 Å². The molecule has 0 atom stereocenters. The van der Waals surface area contributed by atoms with Gasteiger partial charge in [-0.3, -0.25) is 0 Å².